The highest BCUT2D eigenvalue weighted by molar-refractivity contribution is 5.96. The Balaban J connectivity index is 1.50. The second-order valence-corrected chi connectivity index (χ2v) is 8.50. The first-order valence-corrected chi connectivity index (χ1v) is 10.6. The molecule has 1 saturated heterocycles. The molecule has 0 N–H and O–H groups in total. The Labute approximate surface area is 178 Å². The Bertz CT molecular complexity index is 919. The lowest BCUT2D eigenvalue weighted by molar-refractivity contribution is -0.0872. The fourth-order valence-electron chi connectivity index (χ4n) is 4.46. The summed E-state index contributed by atoms with van der Waals surface area (Å²) in [6.45, 7) is 7.28. The van der Waals surface area contributed by atoms with Gasteiger partial charge in [0.1, 0.15) is 16.9 Å². The highest BCUT2D eigenvalue weighted by Crippen LogP contribution is 2.46. The predicted octanol–water partition coefficient (Wildman–Crippen LogP) is 4.32. The van der Waals surface area contributed by atoms with Gasteiger partial charge >= 0.3 is 0 Å². The third-order valence-electron chi connectivity index (χ3n) is 5.97. The first kappa shape index (κ1) is 20.7. The number of rotatable bonds is 4. The molecule has 0 unspecified atom stereocenters. The molecule has 1 aromatic carbocycles. The number of fused-ring (bicyclic) bond motifs is 1. The summed E-state index contributed by atoms with van der Waals surface area (Å²) in [4.78, 5) is 19.3. The van der Waals surface area contributed by atoms with Gasteiger partial charge in [-0.3, -0.25) is 4.79 Å². The van der Waals surface area contributed by atoms with Crippen molar-refractivity contribution in [3.63, 3.8) is 0 Å². The van der Waals surface area contributed by atoms with Crippen molar-refractivity contribution in [2.24, 2.45) is 0 Å². The van der Waals surface area contributed by atoms with Crippen molar-refractivity contribution in [2.45, 2.75) is 57.8 Å². The third-order valence-corrected chi connectivity index (χ3v) is 5.97. The molecule has 6 heteroatoms. The summed E-state index contributed by atoms with van der Waals surface area (Å²) in [5, 5.41) is 0. The largest absolute Gasteiger partial charge is 0.487 e. The van der Waals surface area contributed by atoms with Gasteiger partial charge < -0.3 is 19.1 Å². The molecule has 2 aromatic rings. The average molecular weight is 411 g/mol. The van der Waals surface area contributed by atoms with Crippen LogP contribution in [0.15, 0.2) is 36.4 Å². The van der Waals surface area contributed by atoms with E-state index in [9.17, 15) is 4.79 Å². The van der Waals surface area contributed by atoms with E-state index < -0.39 is 0 Å². The van der Waals surface area contributed by atoms with Gasteiger partial charge in [-0.25, -0.2) is 4.98 Å². The summed E-state index contributed by atoms with van der Waals surface area (Å²) < 4.78 is 18.1. The van der Waals surface area contributed by atoms with Crippen LogP contribution in [0.2, 0.25) is 0 Å². The van der Waals surface area contributed by atoms with Gasteiger partial charge in [-0.2, -0.15) is 0 Å². The third kappa shape index (κ3) is 4.01. The fraction of sp³-hybridized carbons (Fsp3) is 0.500. The Morgan fingerprint density at radius 2 is 1.93 bits per heavy atom. The summed E-state index contributed by atoms with van der Waals surface area (Å²) in [5.74, 6) is 1.24. The van der Waals surface area contributed by atoms with Gasteiger partial charge in [0.25, 0.3) is 5.91 Å². The molecule has 30 heavy (non-hydrogen) atoms. The van der Waals surface area contributed by atoms with Gasteiger partial charge in [-0.05, 0) is 39.0 Å². The predicted molar refractivity (Wildman–Crippen MR) is 114 cm³/mol. The van der Waals surface area contributed by atoms with Crippen molar-refractivity contribution >= 4 is 5.91 Å². The zero-order valence-corrected chi connectivity index (χ0v) is 18.2. The molecule has 1 aromatic heterocycles. The van der Waals surface area contributed by atoms with Crippen molar-refractivity contribution in [3.8, 4) is 11.6 Å². The van der Waals surface area contributed by atoms with Crippen LogP contribution in [0.1, 0.15) is 60.8 Å². The van der Waals surface area contributed by atoms with Crippen molar-refractivity contribution < 1.29 is 19.0 Å². The second-order valence-electron chi connectivity index (χ2n) is 8.50. The molecule has 160 valence electrons. The number of piperidine rings is 1. The van der Waals surface area contributed by atoms with E-state index in [-0.39, 0.29) is 23.7 Å². The SMILES string of the molecule is COc1nc(C)ccc1C(=O)N1CCC2(CC1)C[C@@H](OC(C)C)c1ccccc1O2. The van der Waals surface area contributed by atoms with E-state index in [1.807, 2.05) is 36.1 Å². The van der Waals surface area contributed by atoms with Crippen LogP contribution in [0.25, 0.3) is 0 Å². The lowest BCUT2D eigenvalue weighted by Gasteiger charge is -2.47. The smallest absolute Gasteiger partial charge is 0.259 e. The van der Waals surface area contributed by atoms with Gasteiger partial charge in [0.15, 0.2) is 0 Å². The number of hydrogen-bond donors (Lipinski definition) is 0. The number of carbonyl (C=O) groups excluding carboxylic acids is 1. The van der Waals surface area contributed by atoms with Gasteiger partial charge in [-0.1, -0.05) is 18.2 Å². The number of para-hydroxylation sites is 1. The fourth-order valence-corrected chi connectivity index (χ4v) is 4.46. The number of methoxy groups -OCH3 is 1. The van der Waals surface area contributed by atoms with Gasteiger partial charge in [0, 0.05) is 43.6 Å². The molecular formula is C24H30N2O4. The number of aryl methyl sites for hydroxylation is 1. The lowest BCUT2D eigenvalue weighted by atomic mass is 9.81. The van der Waals surface area contributed by atoms with Crippen LogP contribution < -0.4 is 9.47 Å². The first-order valence-electron chi connectivity index (χ1n) is 10.6. The van der Waals surface area contributed by atoms with E-state index in [1.165, 1.54) is 0 Å². The molecule has 1 spiro atoms. The van der Waals surface area contributed by atoms with Crippen LogP contribution in [0.5, 0.6) is 11.6 Å². The van der Waals surface area contributed by atoms with Crippen LogP contribution in [0.3, 0.4) is 0 Å². The van der Waals surface area contributed by atoms with E-state index >= 15 is 0 Å². The first-order chi connectivity index (χ1) is 14.4. The van der Waals surface area contributed by atoms with E-state index in [1.54, 1.807) is 13.2 Å². The molecular weight excluding hydrogens is 380 g/mol. The highest BCUT2D eigenvalue weighted by Gasteiger charge is 2.44. The normalized spacial score (nSPS) is 20.0. The number of likely N-dealkylation sites (tertiary alicyclic amines) is 1. The Morgan fingerprint density at radius 1 is 1.20 bits per heavy atom. The molecule has 0 aliphatic carbocycles. The number of hydrogen-bond acceptors (Lipinski definition) is 5. The maximum atomic E-state index is 13.1. The van der Waals surface area contributed by atoms with Gasteiger partial charge in [-0.15, -0.1) is 0 Å². The average Bonchev–Trinajstić information content (AvgIpc) is 2.73. The molecule has 0 saturated carbocycles. The number of carbonyl (C=O) groups is 1. The zero-order valence-electron chi connectivity index (χ0n) is 18.2. The second kappa shape index (κ2) is 8.26. The maximum Gasteiger partial charge on any atom is 0.259 e. The molecule has 1 amide bonds. The number of nitrogens with zero attached hydrogens (tertiary/aromatic N) is 2. The molecule has 4 rings (SSSR count). The number of ether oxygens (including phenoxy) is 3. The topological polar surface area (TPSA) is 60.9 Å². The zero-order chi connectivity index (χ0) is 21.3. The molecule has 1 atom stereocenters. The molecule has 2 aliphatic heterocycles. The molecule has 0 radical (unpaired) electrons. The van der Waals surface area contributed by atoms with Crippen LogP contribution >= 0.6 is 0 Å². The highest BCUT2D eigenvalue weighted by atomic mass is 16.5. The number of aromatic nitrogens is 1. The Kier molecular flexibility index (Phi) is 5.69. The molecule has 1 fully saturated rings. The van der Waals surface area contributed by atoms with Crippen LogP contribution in [-0.4, -0.2) is 47.7 Å². The number of pyridine rings is 1. The minimum Gasteiger partial charge on any atom is -0.487 e. The summed E-state index contributed by atoms with van der Waals surface area (Å²) >= 11 is 0. The minimum absolute atomic E-state index is 0.0126. The summed E-state index contributed by atoms with van der Waals surface area (Å²) in [5.41, 5.74) is 2.15. The lowest BCUT2D eigenvalue weighted by Crippen LogP contribution is -2.52. The van der Waals surface area contributed by atoms with E-state index in [2.05, 4.69) is 24.9 Å². The number of amides is 1. The van der Waals surface area contributed by atoms with Crippen LogP contribution in [0.4, 0.5) is 0 Å². The Hall–Kier alpha value is -2.60. The monoisotopic (exact) mass is 410 g/mol. The quantitative estimate of drug-likeness (QED) is 0.751. The van der Waals surface area contributed by atoms with Crippen molar-refractivity contribution in [1.82, 2.24) is 9.88 Å². The van der Waals surface area contributed by atoms with Crippen molar-refractivity contribution in [2.75, 3.05) is 20.2 Å². The minimum atomic E-state index is -0.305. The molecule has 6 nitrogen and oxygen atoms in total. The van der Waals surface area contributed by atoms with Gasteiger partial charge in [0.05, 0.1) is 19.3 Å². The van der Waals surface area contributed by atoms with E-state index in [0.717, 1.165) is 36.3 Å². The van der Waals surface area contributed by atoms with E-state index in [4.69, 9.17) is 14.2 Å². The molecule has 0 bridgehead atoms. The van der Waals surface area contributed by atoms with E-state index in [0.29, 0.717) is 24.5 Å². The maximum absolute atomic E-state index is 13.1. The van der Waals surface area contributed by atoms with Crippen LogP contribution in [-0.2, 0) is 4.74 Å². The summed E-state index contributed by atoms with van der Waals surface area (Å²) in [6.07, 6.45) is 2.50. The van der Waals surface area contributed by atoms with Crippen molar-refractivity contribution in [1.29, 1.82) is 0 Å². The number of benzene rings is 1. The standard InChI is InChI=1S/C24H30N2O4/c1-16(2)29-21-15-24(30-20-8-6-5-7-18(20)21)11-13-26(14-12-24)23(27)19-10-9-17(3)25-22(19)28-4/h5-10,16,21H,11-15H2,1-4H3/t21-/m1/s1. The summed E-state index contributed by atoms with van der Waals surface area (Å²) in [7, 11) is 1.55. The van der Waals surface area contributed by atoms with Crippen LogP contribution in [0, 0.1) is 6.92 Å². The molecule has 2 aliphatic rings. The van der Waals surface area contributed by atoms with Crippen molar-refractivity contribution in [3.05, 3.63) is 53.2 Å². The summed E-state index contributed by atoms with van der Waals surface area (Å²) in [6, 6.07) is 11.8. The van der Waals surface area contributed by atoms with Gasteiger partial charge in [0.2, 0.25) is 5.88 Å². The molecule has 3 heterocycles. The Morgan fingerprint density at radius 3 is 2.63 bits per heavy atom.